The fourth-order valence-electron chi connectivity index (χ4n) is 3.51. The molecule has 32 heavy (non-hydrogen) atoms. The van der Waals surface area contributed by atoms with Crippen molar-refractivity contribution in [1.82, 2.24) is 4.31 Å². The van der Waals surface area contributed by atoms with E-state index in [4.69, 9.17) is 4.42 Å². The molecule has 1 heterocycles. The zero-order valence-corrected chi connectivity index (χ0v) is 19.2. The topological polar surface area (TPSA) is 129 Å². The van der Waals surface area contributed by atoms with Gasteiger partial charge in [0, 0.05) is 13.1 Å². The summed E-state index contributed by atoms with van der Waals surface area (Å²) in [5.41, 5.74) is -1.41. The Balaban J connectivity index is 1.94. The van der Waals surface area contributed by atoms with Crippen molar-refractivity contribution in [1.29, 1.82) is 0 Å². The fraction of sp³-hybridized carbons (Fsp3) is 0.364. The molecule has 0 fully saturated rings. The highest BCUT2D eigenvalue weighted by Crippen LogP contribution is 2.36. The van der Waals surface area contributed by atoms with Gasteiger partial charge in [-0.1, -0.05) is 26.8 Å². The van der Waals surface area contributed by atoms with Crippen molar-refractivity contribution < 1.29 is 17.9 Å². The third-order valence-electron chi connectivity index (χ3n) is 5.32. The van der Waals surface area contributed by atoms with E-state index in [1.165, 1.54) is 22.5 Å². The minimum absolute atomic E-state index is 0.00951. The third-order valence-corrected chi connectivity index (χ3v) is 7.41. The van der Waals surface area contributed by atoms with E-state index in [0.29, 0.717) is 12.2 Å². The van der Waals surface area contributed by atoms with Gasteiger partial charge >= 0.3 is 0 Å². The third kappa shape index (κ3) is 4.15. The van der Waals surface area contributed by atoms with E-state index < -0.39 is 26.6 Å². The van der Waals surface area contributed by atoms with Crippen molar-refractivity contribution >= 4 is 27.1 Å². The van der Waals surface area contributed by atoms with Crippen LogP contribution >= 0.6 is 0 Å². The molecule has 3 N–H and O–H groups in total. The molecule has 0 aliphatic heterocycles. The van der Waals surface area contributed by atoms with Crippen LogP contribution in [0.3, 0.4) is 0 Å². The molecule has 0 unspecified atom stereocenters. The number of hydrogen-bond donors (Lipinski definition) is 3. The van der Waals surface area contributed by atoms with Crippen LogP contribution in [0.4, 0.5) is 17.1 Å². The van der Waals surface area contributed by atoms with Crippen LogP contribution in [0.1, 0.15) is 44.8 Å². The first kappa shape index (κ1) is 23.6. The number of hydrogen-bond acceptors (Lipinski definition) is 8. The van der Waals surface area contributed by atoms with E-state index in [1.54, 1.807) is 26.0 Å². The van der Waals surface area contributed by atoms with Crippen molar-refractivity contribution in [2.45, 2.75) is 45.1 Å². The largest absolute Gasteiger partial charge is 0.504 e. The number of phenolic OH excluding ortho intramolecular Hbond substituents is 1. The Morgan fingerprint density at radius 2 is 1.69 bits per heavy atom. The number of anilines is 3. The molecule has 2 aromatic carbocycles. The molecule has 0 aliphatic carbocycles. The maximum absolute atomic E-state index is 12.8. The molecule has 0 saturated heterocycles. The number of phenols is 1. The van der Waals surface area contributed by atoms with Crippen LogP contribution < -0.4 is 21.5 Å². The summed E-state index contributed by atoms with van der Waals surface area (Å²) < 4.78 is 32.5. The maximum atomic E-state index is 12.8. The quantitative estimate of drug-likeness (QED) is 0.310. The summed E-state index contributed by atoms with van der Waals surface area (Å²) in [5.74, 6) is 0.825. The van der Waals surface area contributed by atoms with E-state index in [-0.39, 0.29) is 41.1 Å². The van der Waals surface area contributed by atoms with Gasteiger partial charge in [-0.05, 0) is 37.6 Å². The van der Waals surface area contributed by atoms with Crippen molar-refractivity contribution in [2.24, 2.45) is 0 Å². The van der Waals surface area contributed by atoms with E-state index in [1.807, 2.05) is 13.8 Å². The standard InChI is InChI=1S/C22H27N3O6S/c1-5-14(16-12-11-13(4)31-16)23-18-19(22(28)21(18)27)24-15-9-8-10-17(20(15)26)32(29,30)25(6-2)7-3/h8-12,14,23-24,26H,5-7H2,1-4H3/t14-/m1/s1. The van der Waals surface area contributed by atoms with Gasteiger partial charge in [-0.3, -0.25) is 9.59 Å². The minimum atomic E-state index is -3.93. The predicted molar refractivity (Wildman–Crippen MR) is 123 cm³/mol. The number of sulfonamides is 1. The fourth-order valence-corrected chi connectivity index (χ4v) is 5.07. The van der Waals surface area contributed by atoms with Gasteiger partial charge in [-0.25, -0.2) is 8.42 Å². The van der Waals surface area contributed by atoms with Crippen molar-refractivity contribution in [3.63, 3.8) is 0 Å². The first-order chi connectivity index (χ1) is 15.1. The zero-order chi connectivity index (χ0) is 23.6. The second-order valence-electron chi connectivity index (χ2n) is 7.33. The van der Waals surface area contributed by atoms with Gasteiger partial charge in [0.2, 0.25) is 10.0 Å². The molecule has 1 aromatic heterocycles. The van der Waals surface area contributed by atoms with Crippen LogP contribution in [-0.4, -0.2) is 30.9 Å². The summed E-state index contributed by atoms with van der Waals surface area (Å²) in [6, 6.07) is 7.45. The number of nitrogens with zero attached hydrogens (tertiary/aromatic N) is 1. The number of aryl methyl sites for hydroxylation is 1. The Labute approximate surface area is 186 Å². The molecule has 0 aliphatic rings. The lowest BCUT2D eigenvalue weighted by molar-refractivity contribution is 0.430. The first-order valence-electron chi connectivity index (χ1n) is 10.4. The van der Waals surface area contributed by atoms with Gasteiger partial charge in [0.1, 0.15) is 27.8 Å². The SMILES string of the molecule is CC[C@@H](Nc1c(Nc2cccc(S(=O)(=O)N(CC)CC)c2O)c(=O)c1=O)c1ccc(C)o1. The highest BCUT2D eigenvalue weighted by molar-refractivity contribution is 7.89. The van der Waals surface area contributed by atoms with Crippen molar-refractivity contribution in [3.8, 4) is 5.75 Å². The van der Waals surface area contributed by atoms with E-state index in [9.17, 15) is 23.1 Å². The average Bonchev–Trinajstić information content (AvgIpc) is 3.20. The van der Waals surface area contributed by atoms with Gasteiger partial charge in [0.25, 0.3) is 10.9 Å². The molecule has 1 atom stereocenters. The van der Waals surface area contributed by atoms with E-state index >= 15 is 0 Å². The Hall–Kier alpha value is -3.11. The lowest BCUT2D eigenvalue weighted by Gasteiger charge is -2.22. The lowest BCUT2D eigenvalue weighted by Crippen LogP contribution is -2.37. The molecule has 9 nitrogen and oxygen atoms in total. The smallest absolute Gasteiger partial charge is 0.253 e. The molecule has 0 saturated carbocycles. The van der Waals surface area contributed by atoms with Crippen LogP contribution in [0, 0.1) is 6.92 Å². The summed E-state index contributed by atoms with van der Waals surface area (Å²) in [5, 5.41) is 16.4. The van der Waals surface area contributed by atoms with Gasteiger partial charge in [-0.2, -0.15) is 4.31 Å². The first-order valence-corrected chi connectivity index (χ1v) is 11.8. The number of benzene rings is 1. The van der Waals surface area contributed by atoms with Crippen LogP contribution in [0.5, 0.6) is 5.75 Å². The Bertz CT molecular complexity index is 1280. The molecule has 3 aromatic rings. The second-order valence-corrected chi connectivity index (χ2v) is 9.23. The lowest BCUT2D eigenvalue weighted by atomic mass is 10.1. The molecule has 0 radical (unpaired) electrons. The Morgan fingerprint density at radius 1 is 1.03 bits per heavy atom. The van der Waals surface area contributed by atoms with E-state index in [2.05, 4.69) is 10.6 Å². The molecular weight excluding hydrogens is 434 g/mol. The van der Waals surface area contributed by atoms with Crippen LogP contribution in [0.15, 0.2) is 49.2 Å². The van der Waals surface area contributed by atoms with E-state index in [0.717, 1.165) is 5.76 Å². The predicted octanol–water partition coefficient (Wildman–Crippen LogP) is 3.23. The van der Waals surface area contributed by atoms with Crippen LogP contribution in [0.25, 0.3) is 0 Å². The summed E-state index contributed by atoms with van der Waals surface area (Å²) in [7, 11) is -3.93. The molecule has 3 rings (SSSR count). The number of nitrogens with one attached hydrogen (secondary N) is 2. The highest BCUT2D eigenvalue weighted by atomic mass is 32.2. The van der Waals surface area contributed by atoms with Crippen LogP contribution in [0.2, 0.25) is 0 Å². The normalized spacial score (nSPS) is 12.9. The minimum Gasteiger partial charge on any atom is -0.504 e. The van der Waals surface area contributed by atoms with Gasteiger partial charge < -0.3 is 20.2 Å². The Kier molecular flexibility index (Phi) is 6.75. The number of aromatic hydroxyl groups is 1. The Morgan fingerprint density at radius 3 is 2.25 bits per heavy atom. The summed E-state index contributed by atoms with van der Waals surface area (Å²) in [6.45, 7) is 7.60. The van der Waals surface area contributed by atoms with Crippen LogP contribution in [-0.2, 0) is 10.0 Å². The summed E-state index contributed by atoms with van der Waals surface area (Å²) in [4.78, 5) is 24.2. The number of rotatable bonds is 10. The zero-order valence-electron chi connectivity index (χ0n) is 18.4. The molecular formula is C22H27N3O6S. The van der Waals surface area contributed by atoms with Crippen molar-refractivity contribution in [3.05, 3.63) is 62.3 Å². The number of para-hydroxylation sites is 1. The van der Waals surface area contributed by atoms with Gasteiger partial charge in [0.15, 0.2) is 5.75 Å². The summed E-state index contributed by atoms with van der Waals surface area (Å²) >= 11 is 0. The van der Waals surface area contributed by atoms with Crippen molar-refractivity contribution in [2.75, 3.05) is 23.7 Å². The summed E-state index contributed by atoms with van der Waals surface area (Å²) in [6.07, 6.45) is 0.591. The van der Waals surface area contributed by atoms with Gasteiger partial charge in [0.05, 0.1) is 11.7 Å². The molecule has 0 amide bonds. The molecule has 172 valence electrons. The molecule has 0 spiro atoms. The number of furan rings is 1. The monoisotopic (exact) mass is 461 g/mol. The highest BCUT2D eigenvalue weighted by Gasteiger charge is 2.29. The second kappa shape index (κ2) is 9.17. The molecule has 10 heteroatoms. The molecule has 0 bridgehead atoms. The van der Waals surface area contributed by atoms with Gasteiger partial charge in [-0.15, -0.1) is 0 Å². The average molecular weight is 462 g/mol. The maximum Gasteiger partial charge on any atom is 0.253 e.